The molecule has 2 amide bonds. The van der Waals surface area contributed by atoms with Crippen molar-refractivity contribution >= 4 is 11.8 Å². The fraction of sp³-hybridized carbons (Fsp3) is 0.429. The molecule has 0 spiro atoms. The lowest BCUT2D eigenvalue weighted by Gasteiger charge is -2.36. The Morgan fingerprint density at radius 3 is 2.80 bits per heavy atom. The van der Waals surface area contributed by atoms with Crippen molar-refractivity contribution < 1.29 is 14.0 Å². The Balaban J connectivity index is 2.23. The number of hydrogen-bond donors (Lipinski definition) is 1. The number of nitrogens with one attached hydrogen (secondary N) is 1. The van der Waals surface area contributed by atoms with Gasteiger partial charge in [0.05, 0.1) is 0 Å². The molecule has 1 aromatic carbocycles. The lowest BCUT2D eigenvalue weighted by molar-refractivity contribution is -0.134. The first-order valence-electron chi connectivity index (χ1n) is 6.49. The molecule has 0 aliphatic carbocycles. The topological polar surface area (TPSA) is 52.7 Å². The number of likely N-dealkylation sites (N-methyl/N-ethyl adjacent to an activating group) is 1. The van der Waals surface area contributed by atoms with Crippen molar-refractivity contribution in [2.75, 3.05) is 33.7 Å². The normalized spacial score (nSPS) is 18.8. The van der Waals surface area contributed by atoms with Crippen LogP contribution in [0.5, 0.6) is 0 Å². The van der Waals surface area contributed by atoms with E-state index in [0.29, 0.717) is 19.6 Å². The van der Waals surface area contributed by atoms with E-state index in [1.807, 2.05) is 0 Å². The summed E-state index contributed by atoms with van der Waals surface area (Å²) in [5.74, 6) is -0.908. The SMILES string of the molecule is CN(C)C(=O)C1CNCCN1C(=O)c1cccc(F)c1. The summed E-state index contributed by atoms with van der Waals surface area (Å²) in [5.41, 5.74) is 0.267. The molecule has 0 radical (unpaired) electrons. The number of carbonyl (C=O) groups is 2. The first-order valence-corrected chi connectivity index (χ1v) is 6.49. The highest BCUT2D eigenvalue weighted by atomic mass is 19.1. The quantitative estimate of drug-likeness (QED) is 0.849. The van der Waals surface area contributed by atoms with Crippen LogP contribution in [0.3, 0.4) is 0 Å². The molecule has 20 heavy (non-hydrogen) atoms. The molecule has 1 saturated heterocycles. The monoisotopic (exact) mass is 279 g/mol. The average Bonchev–Trinajstić information content (AvgIpc) is 2.45. The smallest absolute Gasteiger partial charge is 0.254 e. The Morgan fingerprint density at radius 1 is 1.40 bits per heavy atom. The molecular weight excluding hydrogens is 261 g/mol. The molecule has 0 saturated carbocycles. The summed E-state index contributed by atoms with van der Waals surface area (Å²) in [6.07, 6.45) is 0. The van der Waals surface area contributed by atoms with Gasteiger partial charge < -0.3 is 15.1 Å². The van der Waals surface area contributed by atoms with Crippen molar-refractivity contribution in [3.05, 3.63) is 35.6 Å². The van der Waals surface area contributed by atoms with Gasteiger partial charge in [-0.3, -0.25) is 9.59 Å². The number of halogens is 1. The highest BCUT2D eigenvalue weighted by Gasteiger charge is 2.33. The number of benzene rings is 1. The Bertz CT molecular complexity index is 519. The van der Waals surface area contributed by atoms with E-state index in [2.05, 4.69) is 5.32 Å². The second-order valence-corrected chi connectivity index (χ2v) is 4.96. The average molecular weight is 279 g/mol. The van der Waals surface area contributed by atoms with Crippen molar-refractivity contribution in [1.82, 2.24) is 15.1 Å². The van der Waals surface area contributed by atoms with Crippen LogP contribution in [0, 0.1) is 5.82 Å². The van der Waals surface area contributed by atoms with Crippen molar-refractivity contribution in [3.8, 4) is 0 Å². The third-order valence-electron chi connectivity index (χ3n) is 3.30. The number of hydrogen-bond acceptors (Lipinski definition) is 3. The highest BCUT2D eigenvalue weighted by molar-refractivity contribution is 5.97. The number of amides is 2. The largest absolute Gasteiger partial charge is 0.347 e. The van der Waals surface area contributed by atoms with E-state index >= 15 is 0 Å². The van der Waals surface area contributed by atoms with Gasteiger partial charge in [-0.2, -0.15) is 0 Å². The van der Waals surface area contributed by atoms with Gasteiger partial charge in [0, 0.05) is 39.3 Å². The van der Waals surface area contributed by atoms with Crippen LogP contribution in [0.15, 0.2) is 24.3 Å². The zero-order chi connectivity index (χ0) is 14.7. The summed E-state index contributed by atoms with van der Waals surface area (Å²) in [5, 5.41) is 3.10. The number of nitrogens with zero attached hydrogens (tertiary/aromatic N) is 2. The Labute approximate surface area is 117 Å². The maximum atomic E-state index is 13.2. The third-order valence-corrected chi connectivity index (χ3v) is 3.30. The second kappa shape index (κ2) is 6.00. The van der Waals surface area contributed by atoms with Gasteiger partial charge in [-0.05, 0) is 18.2 Å². The van der Waals surface area contributed by atoms with Crippen molar-refractivity contribution in [1.29, 1.82) is 0 Å². The zero-order valence-corrected chi connectivity index (χ0v) is 11.6. The summed E-state index contributed by atoms with van der Waals surface area (Å²) < 4.78 is 13.2. The van der Waals surface area contributed by atoms with Gasteiger partial charge in [0.1, 0.15) is 11.9 Å². The molecule has 2 rings (SSSR count). The van der Waals surface area contributed by atoms with Crippen molar-refractivity contribution in [2.24, 2.45) is 0 Å². The molecule has 1 unspecified atom stereocenters. The van der Waals surface area contributed by atoms with Crippen LogP contribution >= 0.6 is 0 Å². The Hall–Kier alpha value is -1.95. The maximum absolute atomic E-state index is 13.2. The first kappa shape index (κ1) is 14.5. The first-order chi connectivity index (χ1) is 9.50. The molecule has 5 nitrogen and oxygen atoms in total. The number of carbonyl (C=O) groups excluding carboxylic acids is 2. The van der Waals surface area contributed by atoms with Crippen molar-refractivity contribution in [2.45, 2.75) is 6.04 Å². The summed E-state index contributed by atoms with van der Waals surface area (Å²) >= 11 is 0. The Kier molecular flexibility index (Phi) is 4.34. The summed E-state index contributed by atoms with van der Waals surface area (Å²) in [6.45, 7) is 1.47. The molecule has 1 heterocycles. The Morgan fingerprint density at radius 2 is 2.15 bits per heavy atom. The van der Waals surface area contributed by atoms with E-state index in [-0.39, 0.29) is 17.4 Å². The summed E-state index contributed by atoms with van der Waals surface area (Å²) in [4.78, 5) is 27.5. The van der Waals surface area contributed by atoms with E-state index in [1.54, 1.807) is 20.2 Å². The van der Waals surface area contributed by atoms with Gasteiger partial charge in [-0.25, -0.2) is 4.39 Å². The van der Waals surface area contributed by atoms with E-state index in [1.165, 1.54) is 28.0 Å². The van der Waals surface area contributed by atoms with E-state index in [9.17, 15) is 14.0 Å². The third kappa shape index (κ3) is 2.96. The molecule has 108 valence electrons. The minimum atomic E-state index is -0.547. The highest BCUT2D eigenvalue weighted by Crippen LogP contribution is 2.13. The lowest BCUT2D eigenvalue weighted by atomic mass is 10.1. The molecular formula is C14H18FN3O2. The second-order valence-electron chi connectivity index (χ2n) is 4.96. The van der Waals surface area contributed by atoms with Crippen LogP contribution in [0.4, 0.5) is 4.39 Å². The lowest BCUT2D eigenvalue weighted by Crippen LogP contribution is -2.59. The van der Waals surface area contributed by atoms with Gasteiger partial charge >= 0.3 is 0 Å². The summed E-state index contributed by atoms with van der Waals surface area (Å²) in [6, 6.07) is 4.99. The van der Waals surface area contributed by atoms with Gasteiger partial charge in [-0.1, -0.05) is 6.07 Å². The molecule has 6 heteroatoms. The minimum absolute atomic E-state index is 0.137. The predicted octanol–water partition coefficient (Wildman–Crippen LogP) is 0.328. The van der Waals surface area contributed by atoms with Crippen LogP contribution in [-0.4, -0.2) is 61.4 Å². The van der Waals surface area contributed by atoms with E-state index < -0.39 is 11.9 Å². The molecule has 1 N–H and O–H groups in total. The van der Waals surface area contributed by atoms with Crippen LogP contribution in [0.25, 0.3) is 0 Å². The van der Waals surface area contributed by atoms with Gasteiger partial charge in [0.25, 0.3) is 5.91 Å². The molecule has 1 fully saturated rings. The zero-order valence-electron chi connectivity index (χ0n) is 11.6. The minimum Gasteiger partial charge on any atom is -0.347 e. The fourth-order valence-electron chi connectivity index (χ4n) is 2.25. The van der Waals surface area contributed by atoms with Gasteiger partial charge in [0.2, 0.25) is 5.91 Å². The fourth-order valence-corrected chi connectivity index (χ4v) is 2.25. The summed E-state index contributed by atoms with van der Waals surface area (Å²) in [7, 11) is 3.31. The van der Waals surface area contributed by atoms with Gasteiger partial charge in [-0.15, -0.1) is 0 Å². The van der Waals surface area contributed by atoms with Crippen molar-refractivity contribution in [3.63, 3.8) is 0 Å². The van der Waals surface area contributed by atoms with E-state index in [4.69, 9.17) is 0 Å². The molecule has 1 aliphatic rings. The standard InChI is InChI=1S/C14H18FN3O2/c1-17(2)14(20)12-9-16-6-7-18(12)13(19)10-4-3-5-11(15)8-10/h3-5,8,12,16H,6-7,9H2,1-2H3. The number of piperazine rings is 1. The van der Waals surface area contributed by atoms with Crippen LogP contribution in [0.1, 0.15) is 10.4 Å². The van der Waals surface area contributed by atoms with Crippen LogP contribution in [0.2, 0.25) is 0 Å². The molecule has 1 atom stereocenters. The molecule has 1 aromatic rings. The van der Waals surface area contributed by atoms with Gasteiger partial charge in [0.15, 0.2) is 0 Å². The van der Waals surface area contributed by atoms with Crippen LogP contribution < -0.4 is 5.32 Å². The van der Waals surface area contributed by atoms with Crippen LogP contribution in [-0.2, 0) is 4.79 Å². The molecule has 1 aliphatic heterocycles. The predicted molar refractivity (Wildman–Crippen MR) is 72.8 cm³/mol. The van der Waals surface area contributed by atoms with E-state index in [0.717, 1.165) is 0 Å². The molecule has 0 aromatic heterocycles. The number of rotatable bonds is 2. The maximum Gasteiger partial charge on any atom is 0.254 e. The molecule has 0 bridgehead atoms.